The van der Waals surface area contributed by atoms with Crippen LogP contribution in [0.3, 0.4) is 0 Å². The lowest BCUT2D eigenvalue weighted by atomic mass is 10.1. The highest BCUT2D eigenvalue weighted by Crippen LogP contribution is 2.37. The highest BCUT2D eigenvalue weighted by Gasteiger charge is 2.29. The number of rotatable bonds is 14. The number of hydrogen-bond donors (Lipinski definition) is 2. The molecule has 3 aromatic heterocycles. The fourth-order valence-electron chi connectivity index (χ4n) is 5.15. The van der Waals surface area contributed by atoms with Crippen LogP contribution in [0.15, 0.2) is 79.4 Å². The predicted octanol–water partition coefficient (Wildman–Crippen LogP) is 5.59. The van der Waals surface area contributed by atoms with E-state index >= 15 is 0 Å². The fourth-order valence-corrected chi connectivity index (χ4v) is 5.39. The van der Waals surface area contributed by atoms with Crippen molar-refractivity contribution in [1.29, 1.82) is 5.26 Å². The number of carbonyl (C=O) groups excluding carboxylic acids is 2. The van der Waals surface area contributed by atoms with Crippen LogP contribution < -0.4 is 25.2 Å². The van der Waals surface area contributed by atoms with E-state index in [0.717, 1.165) is 5.69 Å². The molecule has 0 aliphatic rings. The summed E-state index contributed by atoms with van der Waals surface area (Å²) in [4.78, 5) is 45.4. The number of pyridine rings is 2. The molecule has 5 aromatic rings. The van der Waals surface area contributed by atoms with Gasteiger partial charge in [-0.3, -0.25) is 14.8 Å². The van der Waals surface area contributed by atoms with Crippen LogP contribution in [0.5, 0.6) is 11.5 Å². The summed E-state index contributed by atoms with van der Waals surface area (Å²) in [6, 6.07) is 16.3. The molecule has 16 nitrogen and oxygen atoms in total. The van der Waals surface area contributed by atoms with Crippen LogP contribution in [0.25, 0.3) is 10.9 Å². The van der Waals surface area contributed by atoms with E-state index < -0.39 is 23.0 Å². The molecule has 1 amide bonds. The van der Waals surface area contributed by atoms with E-state index in [1.165, 1.54) is 18.6 Å². The normalized spacial score (nSPS) is 11.4. The van der Waals surface area contributed by atoms with Gasteiger partial charge in [-0.05, 0) is 59.3 Å². The molecule has 2 aromatic carbocycles. The number of carboxylic acid groups (broad SMARTS) is 1. The third-order valence-electron chi connectivity index (χ3n) is 7.84. The van der Waals surface area contributed by atoms with Gasteiger partial charge in [0.05, 0.1) is 60.4 Å². The van der Waals surface area contributed by atoms with Crippen molar-refractivity contribution in [1.82, 2.24) is 19.5 Å². The number of nitrogens with one attached hydrogen (secondary N) is 2. The van der Waals surface area contributed by atoms with Crippen molar-refractivity contribution in [3.05, 3.63) is 111 Å². The van der Waals surface area contributed by atoms with E-state index in [1.807, 2.05) is 39.2 Å². The number of ether oxygens (including phenoxy) is 2. The Morgan fingerprint density at radius 1 is 1.11 bits per heavy atom. The molecule has 0 bridgehead atoms. The lowest BCUT2D eigenvalue weighted by Crippen LogP contribution is -2.39. The van der Waals surface area contributed by atoms with Crippen LogP contribution in [0, 0.1) is 21.4 Å². The number of likely N-dealkylation sites (N-methyl/N-ethyl adjacent to an activating group) is 1. The van der Waals surface area contributed by atoms with Crippen LogP contribution in [-0.4, -0.2) is 74.2 Å². The molecular formula is C37H35ClF3N9O7. The Labute approximate surface area is 328 Å². The van der Waals surface area contributed by atoms with Crippen molar-refractivity contribution >= 4 is 57.3 Å². The van der Waals surface area contributed by atoms with Gasteiger partial charge < -0.3 is 49.2 Å². The average molecular weight is 810 g/mol. The Bertz CT molecular complexity index is 2330. The van der Waals surface area contributed by atoms with Crippen LogP contribution in [0.2, 0.25) is 5.02 Å². The summed E-state index contributed by atoms with van der Waals surface area (Å²) < 4.78 is 45.2. The number of anilines is 3. The molecule has 0 unspecified atom stereocenters. The van der Waals surface area contributed by atoms with Gasteiger partial charge in [0.1, 0.15) is 36.7 Å². The average Bonchev–Trinajstić information content (AvgIpc) is 3.51. The van der Waals surface area contributed by atoms with Gasteiger partial charge in [0.2, 0.25) is 12.2 Å². The molecule has 57 heavy (non-hydrogen) atoms. The van der Waals surface area contributed by atoms with E-state index in [4.69, 9.17) is 31.0 Å². The monoisotopic (exact) mass is 809 g/mol. The van der Waals surface area contributed by atoms with Gasteiger partial charge in [0, 0.05) is 42.7 Å². The zero-order chi connectivity index (χ0) is 41.9. The Balaban J connectivity index is 0.000000940. The molecule has 0 radical (unpaired) electrons. The molecule has 298 valence electrons. The largest absolute Gasteiger partial charge is 0.542 e. The fraction of sp³-hybridized carbons (Fsp3) is 0.243. The standard InChI is InChI=1S/C35H34ClN9O5.C2HF3O2/c1-5-49-32-17-28-26(16-29(32)42-33(46)10-8-14-45(3,4)20-30-35(44(47)48)40-22-43(30)2)34(23(18-37)19-39-28)41-24-11-12-31(27(36)15-24)50-21-25-9-6-7-13-38-25;3-2(4,5)1(6)7/h6-13,15-17,19,22H,5,14,20-21H2,1-4H3,(H-,39,41,42,46);(H,6,7)/b10-8+;. The zero-order valence-electron chi connectivity index (χ0n) is 30.8. The molecule has 0 saturated carbocycles. The van der Waals surface area contributed by atoms with Gasteiger partial charge in [-0.1, -0.05) is 17.7 Å². The first-order chi connectivity index (χ1) is 26.9. The van der Waals surface area contributed by atoms with E-state index in [2.05, 4.69) is 31.7 Å². The number of alkyl halides is 3. The van der Waals surface area contributed by atoms with Gasteiger partial charge >= 0.3 is 12.0 Å². The Hall–Kier alpha value is -6.78. The lowest BCUT2D eigenvalue weighted by molar-refractivity contribution is -0.898. The first-order valence-electron chi connectivity index (χ1n) is 16.7. The van der Waals surface area contributed by atoms with E-state index in [1.54, 1.807) is 54.2 Å². The lowest BCUT2D eigenvalue weighted by Gasteiger charge is -2.28. The number of aliphatic carboxylic acids is 1. The topological polar surface area (TPSA) is 210 Å². The minimum Gasteiger partial charge on any atom is -0.542 e. The zero-order valence-corrected chi connectivity index (χ0v) is 31.6. The SMILES string of the molecule is CCOc1cc2ncc(C#N)c(Nc3ccc(OCc4ccccn4)c(Cl)c3)c2cc1NC(=O)/C=C/C[N+](C)(C)Cc1c([N+](=O)[O-])ncn1C.O=C([O-])C(F)(F)F. The molecule has 0 atom stereocenters. The number of nitriles is 1. The maximum Gasteiger partial charge on any atom is 0.430 e. The second-order valence-electron chi connectivity index (χ2n) is 12.7. The number of halogens is 4. The first kappa shape index (κ1) is 43.0. The van der Waals surface area contributed by atoms with E-state index in [9.17, 15) is 33.3 Å². The number of nitro groups is 1. The second kappa shape index (κ2) is 18.7. The summed E-state index contributed by atoms with van der Waals surface area (Å²) in [6.07, 6.45) is 2.48. The van der Waals surface area contributed by atoms with Gasteiger partial charge in [-0.2, -0.15) is 18.4 Å². The van der Waals surface area contributed by atoms with Crippen molar-refractivity contribution in [2.75, 3.05) is 37.9 Å². The summed E-state index contributed by atoms with van der Waals surface area (Å²) in [5.41, 5.74) is 3.50. The summed E-state index contributed by atoms with van der Waals surface area (Å²) in [5, 5.41) is 37.2. The van der Waals surface area contributed by atoms with E-state index in [-0.39, 0.29) is 18.0 Å². The summed E-state index contributed by atoms with van der Waals surface area (Å²) in [5.74, 6) is -2.73. The van der Waals surface area contributed by atoms with Gasteiger partial charge in [0.25, 0.3) is 0 Å². The summed E-state index contributed by atoms with van der Waals surface area (Å²) in [7, 11) is 5.51. The minimum atomic E-state index is -5.19. The maximum absolute atomic E-state index is 13.1. The van der Waals surface area contributed by atoms with Crippen molar-refractivity contribution in [2.24, 2.45) is 7.05 Å². The highest BCUT2D eigenvalue weighted by atomic mass is 35.5. The molecule has 0 saturated heterocycles. The molecule has 0 fully saturated rings. The van der Waals surface area contributed by atoms with Crippen LogP contribution in [-0.2, 0) is 29.8 Å². The maximum atomic E-state index is 13.1. The van der Waals surface area contributed by atoms with Crippen LogP contribution >= 0.6 is 11.6 Å². The predicted molar refractivity (Wildman–Crippen MR) is 200 cm³/mol. The quantitative estimate of drug-likeness (QED) is 0.0609. The molecule has 5 rings (SSSR count). The summed E-state index contributed by atoms with van der Waals surface area (Å²) >= 11 is 6.56. The number of amides is 1. The number of quaternary nitrogens is 1. The molecule has 0 aliphatic carbocycles. The number of carboxylic acids is 1. The number of hydrogen-bond acceptors (Lipinski definition) is 12. The molecule has 2 N–H and O–H groups in total. The molecule has 0 aliphatic heterocycles. The number of aromatic nitrogens is 4. The van der Waals surface area contributed by atoms with Gasteiger partial charge in [-0.25, -0.2) is 0 Å². The van der Waals surface area contributed by atoms with E-state index in [0.29, 0.717) is 74.4 Å². The van der Waals surface area contributed by atoms with Crippen molar-refractivity contribution in [3.8, 4) is 17.6 Å². The number of carbonyl (C=O) groups is 2. The van der Waals surface area contributed by atoms with Crippen molar-refractivity contribution in [2.45, 2.75) is 26.3 Å². The molecule has 20 heteroatoms. The van der Waals surface area contributed by atoms with Crippen LogP contribution in [0.1, 0.15) is 23.9 Å². The molecule has 0 spiro atoms. The Morgan fingerprint density at radius 3 is 2.46 bits per heavy atom. The third kappa shape index (κ3) is 11.9. The van der Waals surface area contributed by atoms with Crippen LogP contribution in [0.4, 0.5) is 36.1 Å². The Morgan fingerprint density at radius 2 is 1.84 bits per heavy atom. The Kier molecular flexibility index (Phi) is 14.1. The third-order valence-corrected chi connectivity index (χ3v) is 8.13. The second-order valence-corrected chi connectivity index (χ2v) is 13.1. The number of fused-ring (bicyclic) bond motifs is 1. The smallest absolute Gasteiger partial charge is 0.430 e. The number of nitrogens with zero attached hydrogens (tertiary/aromatic N) is 7. The first-order valence-corrected chi connectivity index (χ1v) is 17.1. The molecular weight excluding hydrogens is 775 g/mol. The van der Waals surface area contributed by atoms with Crippen molar-refractivity contribution < 1.29 is 46.7 Å². The minimum absolute atomic E-state index is 0.186. The van der Waals surface area contributed by atoms with Crippen molar-refractivity contribution in [3.63, 3.8) is 0 Å². The summed E-state index contributed by atoms with van der Waals surface area (Å²) in [6.45, 7) is 3.15. The molecule has 3 heterocycles. The highest BCUT2D eigenvalue weighted by molar-refractivity contribution is 6.32. The van der Waals surface area contributed by atoms with Gasteiger partial charge in [0.15, 0.2) is 5.69 Å². The number of aryl methyl sites for hydroxylation is 1. The number of imidazole rings is 1. The number of benzene rings is 2. The van der Waals surface area contributed by atoms with Gasteiger partial charge in [-0.15, -0.1) is 0 Å².